The van der Waals surface area contributed by atoms with Gasteiger partial charge < -0.3 is 19.9 Å². The molecule has 0 spiro atoms. The third-order valence-corrected chi connectivity index (χ3v) is 4.82. The highest BCUT2D eigenvalue weighted by atomic mass is 19.1. The average molecular weight is 349 g/mol. The fraction of sp³-hybridized carbons (Fsp3) is 0.632. The average Bonchev–Trinajstić information content (AvgIpc) is 2.96. The van der Waals surface area contributed by atoms with Crippen molar-refractivity contribution in [3.8, 4) is 0 Å². The van der Waals surface area contributed by atoms with Gasteiger partial charge in [0.1, 0.15) is 5.60 Å². The van der Waals surface area contributed by atoms with E-state index in [1.807, 2.05) is 43.9 Å². The Kier molecular flexibility index (Phi) is 5.06. The van der Waals surface area contributed by atoms with E-state index in [9.17, 15) is 9.18 Å². The molecule has 1 unspecified atom stereocenters. The number of halogens is 1. The maximum atomic E-state index is 14.9. The Bertz CT molecular complexity index is 598. The number of allylic oxidation sites excluding steroid dienone is 4. The predicted octanol–water partition coefficient (Wildman–Crippen LogP) is 3.52. The summed E-state index contributed by atoms with van der Waals surface area (Å²) in [6, 6.07) is 0.117. The number of carbonyl (C=O) groups is 1. The van der Waals surface area contributed by atoms with Gasteiger partial charge in [0.05, 0.1) is 12.4 Å². The number of amides is 1. The molecule has 0 aromatic heterocycles. The van der Waals surface area contributed by atoms with Gasteiger partial charge in [0.25, 0.3) is 0 Å². The van der Waals surface area contributed by atoms with Crippen molar-refractivity contribution in [2.75, 3.05) is 19.8 Å². The van der Waals surface area contributed by atoms with Crippen LogP contribution in [0.4, 0.5) is 9.18 Å². The highest BCUT2D eigenvalue weighted by Gasteiger charge is 2.35. The Hall–Kier alpha value is -1.98. The first-order valence-corrected chi connectivity index (χ1v) is 9.06. The van der Waals surface area contributed by atoms with Crippen LogP contribution < -0.4 is 5.32 Å². The number of likely N-dealkylation sites (tertiary alicyclic amines) is 1. The van der Waals surface area contributed by atoms with Gasteiger partial charge in [0.15, 0.2) is 0 Å². The molecule has 6 heteroatoms. The summed E-state index contributed by atoms with van der Waals surface area (Å²) in [6.45, 7) is 7.31. The van der Waals surface area contributed by atoms with Gasteiger partial charge in [-0.2, -0.15) is 4.39 Å². The van der Waals surface area contributed by atoms with E-state index >= 15 is 0 Å². The molecule has 0 saturated carbocycles. The third kappa shape index (κ3) is 4.17. The van der Waals surface area contributed by atoms with Crippen molar-refractivity contribution in [2.24, 2.45) is 5.92 Å². The second-order valence-corrected chi connectivity index (χ2v) is 7.86. The van der Waals surface area contributed by atoms with E-state index in [0.29, 0.717) is 25.5 Å². The molecule has 3 rings (SSSR count). The van der Waals surface area contributed by atoms with Gasteiger partial charge in [-0.3, -0.25) is 0 Å². The molecule has 0 aromatic rings. The smallest absolute Gasteiger partial charge is 0.410 e. The highest BCUT2D eigenvalue weighted by molar-refractivity contribution is 5.68. The van der Waals surface area contributed by atoms with Gasteiger partial charge in [-0.25, -0.2) is 4.79 Å². The van der Waals surface area contributed by atoms with Crippen LogP contribution in [0.1, 0.15) is 40.0 Å². The van der Waals surface area contributed by atoms with Crippen molar-refractivity contribution in [1.29, 1.82) is 0 Å². The van der Waals surface area contributed by atoms with Crippen LogP contribution in [-0.4, -0.2) is 47.3 Å². The van der Waals surface area contributed by atoms with Gasteiger partial charge in [-0.05, 0) is 40.0 Å². The third-order valence-electron chi connectivity index (χ3n) is 4.82. The van der Waals surface area contributed by atoms with Crippen LogP contribution in [-0.2, 0) is 4.74 Å². The zero-order chi connectivity index (χ0) is 18.0. The lowest BCUT2D eigenvalue weighted by atomic mass is 9.97. The van der Waals surface area contributed by atoms with E-state index in [1.165, 1.54) is 0 Å². The summed E-state index contributed by atoms with van der Waals surface area (Å²) in [7, 11) is 0. The van der Waals surface area contributed by atoms with E-state index in [1.54, 1.807) is 4.90 Å². The SMILES string of the molecule is CC(C)(C)OC(=O)N1CCC(N2CNC(C3C=CC=CC3)=C2F)CC1. The molecule has 2 aliphatic heterocycles. The lowest BCUT2D eigenvalue weighted by Crippen LogP contribution is -2.47. The van der Waals surface area contributed by atoms with Gasteiger partial charge in [-0.15, -0.1) is 0 Å². The minimum atomic E-state index is -0.488. The molecule has 5 nitrogen and oxygen atoms in total. The fourth-order valence-corrected chi connectivity index (χ4v) is 3.52. The summed E-state index contributed by atoms with van der Waals surface area (Å²) in [5.74, 6) is -0.0440. The van der Waals surface area contributed by atoms with Crippen molar-refractivity contribution in [3.05, 3.63) is 36.0 Å². The molecular formula is C19H28FN3O2. The van der Waals surface area contributed by atoms with E-state index in [-0.39, 0.29) is 24.0 Å². The first-order chi connectivity index (χ1) is 11.8. The molecule has 1 N–H and O–H groups in total. The molecule has 3 aliphatic rings. The summed E-state index contributed by atoms with van der Waals surface area (Å²) in [5, 5.41) is 3.23. The summed E-state index contributed by atoms with van der Waals surface area (Å²) < 4.78 is 20.3. The lowest BCUT2D eigenvalue weighted by molar-refractivity contribution is 0.0154. The summed E-state index contributed by atoms with van der Waals surface area (Å²) in [5.41, 5.74) is 0.202. The largest absolute Gasteiger partial charge is 0.444 e. The topological polar surface area (TPSA) is 44.8 Å². The lowest BCUT2D eigenvalue weighted by Gasteiger charge is -2.37. The molecule has 25 heavy (non-hydrogen) atoms. The molecule has 0 bridgehead atoms. The quantitative estimate of drug-likeness (QED) is 0.775. The normalized spacial score (nSPS) is 24.7. The second-order valence-electron chi connectivity index (χ2n) is 7.86. The first kappa shape index (κ1) is 17.8. The fourth-order valence-electron chi connectivity index (χ4n) is 3.52. The Morgan fingerprint density at radius 3 is 2.60 bits per heavy atom. The Balaban J connectivity index is 1.56. The molecule has 138 valence electrons. The van der Waals surface area contributed by atoms with Crippen LogP contribution in [0.5, 0.6) is 0 Å². The summed E-state index contributed by atoms with van der Waals surface area (Å²) >= 11 is 0. The van der Waals surface area contributed by atoms with Crippen LogP contribution in [0.2, 0.25) is 0 Å². The van der Waals surface area contributed by atoms with Crippen molar-refractivity contribution in [3.63, 3.8) is 0 Å². The molecule has 2 heterocycles. The first-order valence-electron chi connectivity index (χ1n) is 9.06. The molecule has 0 aromatic carbocycles. The number of piperidine rings is 1. The number of ether oxygens (including phenoxy) is 1. The number of nitrogens with zero attached hydrogens (tertiary/aromatic N) is 2. The molecule has 1 aliphatic carbocycles. The summed E-state index contributed by atoms with van der Waals surface area (Å²) in [6.07, 6.45) is 10.1. The van der Waals surface area contributed by atoms with Crippen molar-refractivity contribution >= 4 is 6.09 Å². The van der Waals surface area contributed by atoms with Crippen LogP contribution in [0.15, 0.2) is 36.0 Å². The Morgan fingerprint density at radius 2 is 2.00 bits per heavy atom. The monoisotopic (exact) mass is 349 g/mol. The minimum Gasteiger partial charge on any atom is -0.444 e. The number of hydrogen-bond donors (Lipinski definition) is 1. The zero-order valence-corrected chi connectivity index (χ0v) is 15.3. The maximum Gasteiger partial charge on any atom is 0.410 e. The molecular weight excluding hydrogens is 321 g/mol. The predicted molar refractivity (Wildman–Crippen MR) is 95.2 cm³/mol. The van der Waals surface area contributed by atoms with E-state index in [0.717, 1.165) is 19.3 Å². The standard InChI is InChI=1S/C19H28FN3O2/c1-19(2,3)25-18(24)22-11-9-15(10-12-22)23-13-21-16(17(23)20)14-7-5-4-6-8-14/h4-7,14-15,21H,8-13H2,1-3H3. The number of hydrogen-bond acceptors (Lipinski definition) is 4. The minimum absolute atomic E-state index is 0.0943. The second kappa shape index (κ2) is 7.10. The molecule has 1 fully saturated rings. The number of nitrogens with one attached hydrogen (secondary N) is 1. The van der Waals surface area contributed by atoms with E-state index < -0.39 is 5.60 Å². The van der Waals surface area contributed by atoms with Gasteiger partial charge in [0, 0.05) is 25.0 Å². The number of rotatable bonds is 2. The van der Waals surface area contributed by atoms with E-state index in [4.69, 9.17) is 4.74 Å². The molecule has 0 radical (unpaired) electrons. The van der Waals surface area contributed by atoms with Gasteiger partial charge >= 0.3 is 6.09 Å². The highest BCUT2D eigenvalue weighted by Crippen LogP contribution is 2.31. The maximum absolute atomic E-state index is 14.9. The number of carbonyl (C=O) groups excluding carboxylic acids is 1. The Labute approximate surface area is 149 Å². The van der Waals surface area contributed by atoms with Crippen molar-refractivity contribution in [2.45, 2.75) is 51.7 Å². The van der Waals surface area contributed by atoms with Crippen LogP contribution in [0.25, 0.3) is 0 Å². The molecule has 1 atom stereocenters. The van der Waals surface area contributed by atoms with Crippen molar-refractivity contribution < 1.29 is 13.9 Å². The van der Waals surface area contributed by atoms with Crippen LogP contribution in [0, 0.1) is 5.92 Å². The van der Waals surface area contributed by atoms with Crippen LogP contribution in [0.3, 0.4) is 0 Å². The van der Waals surface area contributed by atoms with Gasteiger partial charge in [0.2, 0.25) is 5.95 Å². The Morgan fingerprint density at radius 1 is 1.28 bits per heavy atom. The summed E-state index contributed by atoms with van der Waals surface area (Å²) in [4.78, 5) is 15.7. The zero-order valence-electron chi connectivity index (χ0n) is 15.3. The van der Waals surface area contributed by atoms with Crippen molar-refractivity contribution in [1.82, 2.24) is 15.1 Å². The van der Waals surface area contributed by atoms with Gasteiger partial charge in [-0.1, -0.05) is 24.3 Å². The van der Waals surface area contributed by atoms with E-state index in [2.05, 4.69) is 11.4 Å². The molecule has 1 amide bonds. The van der Waals surface area contributed by atoms with Crippen LogP contribution >= 0.6 is 0 Å². The molecule has 1 saturated heterocycles.